The lowest BCUT2D eigenvalue weighted by Crippen LogP contribution is -2.60. The summed E-state index contributed by atoms with van der Waals surface area (Å²) in [5.74, 6) is 2.65. The second-order valence-electron chi connectivity index (χ2n) is 10.2. The standard InChI is InChI=1S/C25H31N3O/c1-2-28-8-7-22-20(15-28)23(19-5-3-4-6-21(19)26-22)24(29)27-25-12-16-9-17(13-25)11-18(10-16)14-25/h3-6,16-18H,2,7-15H2,1H3,(H,27,29). The summed E-state index contributed by atoms with van der Waals surface area (Å²) >= 11 is 0. The van der Waals surface area contributed by atoms with Gasteiger partial charge < -0.3 is 5.32 Å². The first kappa shape index (κ1) is 17.9. The quantitative estimate of drug-likeness (QED) is 0.851. The van der Waals surface area contributed by atoms with E-state index in [9.17, 15) is 4.79 Å². The summed E-state index contributed by atoms with van der Waals surface area (Å²) in [7, 11) is 0. The number of aromatic nitrogens is 1. The largest absolute Gasteiger partial charge is 0.347 e. The maximum absolute atomic E-state index is 13.9. The summed E-state index contributed by atoms with van der Waals surface area (Å²) < 4.78 is 0. The van der Waals surface area contributed by atoms with E-state index in [0.29, 0.717) is 0 Å². The van der Waals surface area contributed by atoms with Crippen LogP contribution in [0, 0.1) is 17.8 Å². The Kier molecular flexibility index (Phi) is 4.03. The molecule has 29 heavy (non-hydrogen) atoms. The summed E-state index contributed by atoms with van der Waals surface area (Å²) in [5, 5.41) is 4.65. The van der Waals surface area contributed by atoms with Gasteiger partial charge in [-0.2, -0.15) is 0 Å². The lowest BCUT2D eigenvalue weighted by molar-refractivity contribution is -0.0167. The van der Waals surface area contributed by atoms with E-state index in [0.717, 1.165) is 66.0 Å². The van der Waals surface area contributed by atoms with Crippen LogP contribution in [0.5, 0.6) is 0 Å². The van der Waals surface area contributed by atoms with Crippen LogP contribution < -0.4 is 5.32 Å². The van der Waals surface area contributed by atoms with Gasteiger partial charge in [-0.05, 0) is 68.9 Å². The van der Waals surface area contributed by atoms with Crippen molar-refractivity contribution in [3.63, 3.8) is 0 Å². The SMILES string of the molecule is CCN1CCc2nc3ccccc3c(C(=O)NC34CC5CC(CC(C5)C3)C4)c2C1. The molecule has 4 fully saturated rings. The number of carbonyl (C=O) groups is 1. The highest BCUT2D eigenvalue weighted by Gasteiger charge is 2.51. The second kappa shape index (κ2) is 6.53. The zero-order valence-corrected chi connectivity index (χ0v) is 17.4. The lowest BCUT2D eigenvalue weighted by Gasteiger charge is -2.57. The molecule has 1 aromatic heterocycles. The van der Waals surface area contributed by atoms with Crippen LogP contribution in [0.3, 0.4) is 0 Å². The molecule has 1 amide bonds. The summed E-state index contributed by atoms with van der Waals surface area (Å²) in [4.78, 5) is 21.2. The molecule has 0 spiro atoms. The van der Waals surface area contributed by atoms with Gasteiger partial charge in [-0.15, -0.1) is 0 Å². The van der Waals surface area contributed by atoms with Crippen LogP contribution in [-0.4, -0.2) is 34.4 Å². The number of amides is 1. The minimum absolute atomic E-state index is 0.0438. The molecular formula is C25H31N3O. The van der Waals surface area contributed by atoms with E-state index in [4.69, 9.17) is 4.98 Å². The third-order valence-electron chi connectivity index (χ3n) is 8.22. The van der Waals surface area contributed by atoms with E-state index >= 15 is 0 Å². The van der Waals surface area contributed by atoms with Crippen LogP contribution in [-0.2, 0) is 13.0 Å². The molecule has 1 N–H and O–H groups in total. The number of hydrogen-bond acceptors (Lipinski definition) is 3. The number of rotatable bonds is 3. The van der Waals surface area contributed by atoms with Gasteiger partial charge in [0.05, 0.1) is 11.1 Å². The average Bonchev–Trinajstić information content (AvgIpc) is 2.70. The minimum Gasteiger partial charge on any atom is -0.347 e. The Morgan fingerprint density at radius 1 is 1.14 bits per heavy atom. The highest BCUT2D eigenvalue weighted by Crippen LogP contribution is 2.55. The molecule has 2 heterocycles. The number of nitrogens with zero attached hydrogens (tertiary/aromatic N) is 2. The zero-order valence-electron chi connectivity index (χ0n) is 17.4. The van der Waals surface area contributed by atoms with Crippen molar-refractivity contribution in [2.24, 2.45) is 17.8 Å². The molecule has 1 aliphatic heterocycles. The maximum Gasteiger partial charge on any atom is 0.252 e. The van der Waals surface area contributed by atoms with Crippen molar-refractivity contribution >= 4 is 16.8 Å². The van der Waals surface area contributed by atoms with Crippen molar-refractivity contribution in [3.8, 4) is 0 Å². The molecule has 0 saturated heterocycles. The van der Waals surface area contributed by atoms with Gasteiger partial charge in [-0.1, -0.05) is 25.1 Å². The highest BCUT2D eigenvalue weighted by atomic mass is 16.1. The number of hydrogen-bond donors (Lipinski definition) is 1. The van der Waals surface area contributed by atoms with Crippen molar-refractivity contribution in [1.29, 1.82) is 0 Å². The third-order valence-corrected chi connectivity index (χ3v) is 8.22. The van der Waals surface area contributed by atoms with Crippen LogP contribution >= 0.6 is 0 Å². The molecule has 4 aliphatic carbocycles. The normalized spacial score (nSPS) is 33.1. The monoisotopic (exact) mass is 389 g/mol. The number of nitrogens with one attached hydrogen (secondary N) is 1. The van der Waals surface area contributed by atoms with Gasteiger partial charge in [0.2, 0.25) is 0 Å². The van der Waals surface area contributed by atoms with Crippen LogP contribution in [0.1, 0.15) is 67.1 Å². The van der Waals surface area contributed by atoms with Gasteiger partial charge in [-0.3, -0.25) is 14.7 Å². The van der Waals surface area contributed by atoms with Crippen molar-refractivity contribution < 1.29 is 4.79 Å². The van der Waals surface area contributed by atoms with Crippen LogP contribution in [0.4, 0.5) is 0 Å². The maximum atomic E-state index is 13.9. The molecular weight excluding hydrogens is 358 g/mol. The molecule has 4 saturated carbocycles. The molecule has 5 aliphatic rings. The number of carbonyl (C=O) groups excluding carboxylic acids is 1. The topological polar surface area (TPSA) is 45.2 Å². The van der Waals surface area contributed by atoms with E-state index in [2.05, 4.69) is 29.3 Å². The van der Waals surface area contributed by atoms with Crippen LogP contribution in [0.15, 0.2) is 24.3 Å². The first-order valence-corrected chi connectivity index (χ1v) is 11.6. The second-order valence-corrected chi connectivity index (χ2v) is 10.2. The van der Waals surface area contributed by atoms with Crippen LogP contribution in [0.2, 0.25) is 0 Å². The molecule has 7 rings (SSSR count). The zero-order chi connectivity index (χ0) is 19.6. The van der Waals surface area contributed by atoms with E-state index in [-0.39, 0.29) is 11.4 Å². The first-order chi connectivity index (χ1) is 14.1. The predicted octanol–water partition coefficient (Wildman–Crippen LogP) is 4.31. The van der Waals surface area contributed by atoms with Gasteiger partial charge >= 0.3 is 0 Å². The Balaban J connectivity index is 1.41. The fourth-order valence-corrected chi connectivity index (χ4v) is 7.34. The van der Waals surface area contributed by atoms with Gasteiger partial charge in [0, 0.05) is 41.7 Å². The van der Waals surface area contributed by atoms with E-state index in [1.807, 2.05) is 12.1 Å². The minimum atomic E-state index is 0.0438. The van der Waals surface area contributed by atoms with Crippen molar-refractivity contribution in [2.45, 2.75) is 64.0 Å². The first-order valence-electron chi connectivity index (χ1n) is 11.6. The summed E-state index contributed by atoms with van der Waals surface area (Å²) in [5.41, 5.74) is 4.21. The summed E-state index contributed by atoms with van der Waals surface area (Å²) in [6, 6.07) is 8.22. The molecule has 4 bridgehead atoms. The van der Waals surface area contributed by atoms with E-state index in [1.54, 1.807) is 0 Å². The predicted molar refractivity (Wildman–Crippen MR) is 115 cm³/mol. The Bertz CT molecular complexity index is 946. The smallest absolute Gasteiger partial charge is 0.252 e. The average molecular weight is 390 g/mol. The van der Waals surface area contributed by atoms with Gasteiger partial charge in [0.15, 0.2) is 0 Å². The lowest BCUT2D eigenvalue weighted by atomic mass is 9.53. The molecule has 0 atom stereocenters. The van der Waals surface area contributed by atoms with Crippen molar-refractivity contribution in [1.82, 2.24) is 15.2 Å². The van der Waals surface area contributed by atoms with E-state index < -0.39 is 0 Å². The van der Waals surface area contributed by atoms with Gasteiger partial charge in [0.25, 0.3) is 5.91 Å². The Labute approximate surface area is 173 Å². The van der Waals surface area contributed by atoms with Crippen LogP contribution in [0.25, 0.3) is 10.9 Å². The fraction of sp³-hybridized carbons (Fsp3) is 0.600. The molecule has 152 valence electrons. The Morgan fingerprint density at radius 3 is 2.52 bits per heavy atom. The number of pyridine rings is 1. The summed E-state index contributed by atoms with van der Waals surface area (Å²) in [6.45, 7) is 5.09. The number of fused-ring (bicyclic) bond motifs is 2. The third kappa shape index (κ3) is 2.91. The number of likely N-dealkylation sites (N-methyl/N-ethyl adjacent to an activating group) is 1. The van der Waals surface area contributed by atoms with Crippen molar-refractivity contribution in [3.05, 3.63) is 41.1 Å². The molecule has 0 radical (unpaired) electrons. The summed E-state index contributed by atoms with van der Waals surface area (Å²) in [6.07, 6.45) is 8.70. The van der Waals surface area contributed by atoms with Gasteiger partial charge in [-0.25, -0.2) is 0 Å². The molecule has 0 unspecified atom stereocenters. The Morgan fingerprint density at radius 2 is 1.83 bits per heavy atom. The number of benzene rings is 1. The molecule has 4 heteroatoms. The fourth-order valence-electron chi connectivity index (χ4n) is 7.34. The number of para-hydroxylation sites is 1. The molecule has 4 nitrogen and oxygen atoms in total. The van der Waals surface area contributed by atoms with Gasteiger partial charge in [0.1, 0.15) is 0 Å². The van der Waals surface area contributed by atoms with E-state index in [1.165, 1.54) is 44.1 Å². The molecule has 2 aromatic rings. The molecule has 1 aromatic carbocycles. The Hall–Kier alpha value is -1.94. The van der Waals surface area contributed by atoms with Crippen molar-refractivity contribution in [2.75, 3.05) is 13.1 Å². The highest BCUT2D eigenvalue weighted by molar-refractivity contribution is 6.08.